The number of nitrogens with one attached hydrogen (secondary N) is 1. The lowest BCUT2D eigenvalue weighted by atomic mass is 10.5. The maximum atomic E-state index is 3.24. The molecule has 2 aromatic rings. The van der Waals surface area contributed by atoms with E-state index in [2.05, 4.69) is 34.6 Å². The van der Waals surface area contributed by atoms with E-state index in [1.807, 2.05) is 17.5 Å². The van der Waals surface area contributed by atoms with Gasteiger partial charge in [-0.2, -0.15) is 11.3 Å². The summed E-state index contributed by atoms with van der Waals surface area (Å²) in [6, 6.07) is 9.88. The molecule has 2 rings (SSSR count). The Morgan fingerprint density at radius 3 is 3.00 bits per heavy atom. The van der Waals surface area contributed by atoms with Crippen LogP contribution in [0.25, 0.3) is 0 Å². The lowest BCUT2D eigenvalue weighted by Gasteiger charge is -1.93. The average Bonchev–Trinajstić information content (AvgIpc) is 2.74. The molecule has 0 unspecified atom stereocenters. The van der Waals surface area contributed by atoms with E-state index < -0.39 is 0 Å². The van der Waals surface area contributed by atoms with Crippen LogP contribution in [-0.2, 0) is 6.04 Å². The average molecular weight is 193 g/mol. The highest BCUT2D eigenvalue weighted by Crippen LogP contribution is 1.97. The SMILES string of the molecule is c1c[nH]c(C[SiH2]c2cccs2)c1. The number of hydrogen-bond acceptors (Lipinski definition) is 1. The molecule has 0 aliphatic heterocycles. The third-order valence-electron chi connectivity index (χ3n) is 1.88. The van der Waals surface area contributed by atoms with Gasteiger partial charge in [0.25, 0.3) is 0 Å². The lowest BCUT2D eigenvalue weighted by Crippen LogP contribution is -2.11. The molecule has 0 aromatic carbocycles. The van der Waals surface area contributed by atoms with Crippen molar-refractivity contribution in [2.45, 2.75) is 6.04 Å². The molecule has 0 radical (unpaired) electrons. The molecular weight excluding hydrogens is 182 g/mol. The second kappa shape index (κ2) is 3.73. The summed E-state index contributed by atoms with van der Waals surface area (Å²) < 4.78 is 1.60. The molecule has 0 atom stereocenters. The molecule has 0 aliphatic carbocycles. The monoisotopic (exact) mass is 193 g/mol. The predicted octanol–water partition coefficient (Wildman–Crippen LogP) is 1.07. The van der Waals surface area contributed by atoms with E-state index >= 15 is 0 Å². The van der Waals surface area contributed by atoms with Crippen molar-refractivity contribution in [3.8, 4) is 0 Å². The third-order valence-corrected chi connectivity index (χ3v) is 5.24. The van der Waals surface area contributed by atoms with Gasteiger partial charge >= 0.3 is 0 Å². The van der Waals surface area contributed by atoms with Gasteiger partial charge < -0.3 is 4.98 Å². The second-order valence-corrected chi connectivity index (χ2v) is 6.08. The highest BCUT2D eigenvalue weighted by Gasteiger charge is 1.96. The first-order chi connectivity index (χ1) is 5.95. The molecule has 2 aromatic heterocycles. The van der Waals surface area contributed by atoms with Crippen LogP contribution in [0.2, 0.25) is 0 Å². The molecule has 0 bridgehead atoms. The van der Waals surface area contributed by atoms with E-state index in [1.165, 1.54) is 11.7 Å². The zero-order valence-corrected chi connectivity index (χ0v) is 9.02. The minimum Gasteiger partial charge on any atom is -0.365 e. The molecule has 1 N–H and O–H groups in total. The number of hydrogen-bond donors (Lipinski definition) is 1. The minimum atomic E-state index is -0.0509. The fourth-order valence-electron chi connectivity index (χ4n) is 1.24. The first kappa shape index (κ1) is 7.83. The van der Waals surface area contributed by atoms with Gasteiger partial charge in [-0.25, -0.2) is 0 Å². The maximum Gasteiger partial charge on any atom is 0.0734 e. The van der Waals surface area contributed by atoms with E-state index in [4.69, 9.17) is 0 Å². The Bertz CT molecular complexity index is 278. The topological polar surface area (TPSA) is 15.8 Å². The predicted molar refractivity (Wildman–Crippen MR) is 57.0 cm³/mol. The van der Waals surface area contributed by atoms with Gasteiger partial charge in [0, 0.05) is 11.9 Å². The van der Waals surface area contributed by atoms with Crippen molar-refractivity contribution < 1.29 is 0 Å². The molecule has 3 heteroatoms. The van der Waals surface area contributed by atoms with Gasteiger partial charge in [0.1, 0.15) is 0 Å². The van der Waals surface area contributed by atoms with E-state index in [0.717, 1.165) is 0 Å². The van der Waals surface area contributed by atoms with Crippen LogP contribution in [0, 0.1) is 0 Å². The summed E-state index contributed by atoms with van der Waals surface area (Å²) in [6.07, 6.45) is 2.00. The number of rotatable bonds is 3. The highest BCUT2D eigenvalue weighted by atomic mass is 32.1. The van der Waals surface area contributed by atoms with Crippen molar-refractivity contribution in [1.82, 2.24) is 4.98 Å². The zero-order valence-electron chi connectivity index (χ0n) is 6.79. The van der Waals surface area contributed by atoms with Crippen LogP contribution in [0.1, 0.15) is 5.69 Å². The first-order valence-corrected chi connectivity index (χ1v) is 6.68. The van der Waals surface area contributed by atoms with Gasteiger partial charge in [-0.05, 0) is 28.1 Å². The quantitative estimate of drug-likeness (QED) is 0.702. The van der Waals surface area contributed by atoms with Crippen molar-refractivity contribution >= 4 is 25.4 Å². The van der Waals surface area contributed by atoms with Gasteiger partial charge in [-0.15, -0.1) is 0 Å². The second-order valence-electron chi connectivity index (χ2n) is 2.77. The van der Waals surface area contributed by atoms with E-state index in [0.29, 0.717) is 0 Å². The van der Waals surface area contributed by atoms with Gasteiger partial charge in [0.2, 0.25) is 0 Å². The zero-order chi connectivity index (χ0) is 8.23. The van der Waals surface area contributed by atoms with Gasteiger partial charge in [0.15, 0.2) is 0 Å². The molecule has 0 amide bonds. The summed E-state index contributed by atoms with van der Waals surface area (Å²) in [4.78, 5) is 3.24. The van der Waals surface area contributed by atoms with Gasteiger partial charge in [0.05, 0.1) is 9.52 Å². The molecule has 0 spiro atoms. The Kier molecular flexibility index (Phi) is 2.44. The molecular formula is C9H11NSSi. The molecule has 0 fully saturated rings. The van der Waals surface area contributed by atoms with Gasteiger partial charge in [-0.3, -0.25) is 0 Å². The van der Waals surface area contributed by atoms with Crippen LogP contribution in [0.4, 0.5) is 0 Å². The Morgan fingerprint density at radius 1 is 1.33 bits per heavy atom. The minimum absolute atomic E-state index is 0.0509. The first-order valence-electron chi connectivity index (χ1n) is 4.10. The summed E-state index contributed by atoms with van der Waals surface area (Å²) in [5, 5.41) is 2.16. The van der Waals surface area contributed by atoms with Crippen molar-refractivity contribution in [1.29, 1.82) is 0 Å². The largest absolute Gasteiger partial charge is 0.365 e. The van der Waals surface area contributed by atoms with Crippen molar-refractivity contribution in [2.24, 2.45) is 0 Å². The maximum absolute atomic E-state index is 3.24. The fraction of sp³-hybridized carbons (Fsp3) is 0.111. The van der Waals surface area contributed by atoms with Crippen LogP contribution in [0.15, 0.2) is 35.8 Å². The molecule has 62 valence electrons. The third kappa shape index (κ3) is 1.87. The normalized spacial score (nSPS) is 11.3. The van der Waals surface area contributed by atoms with E-state index in [9.17, 15) is 0 Å². The smallest absolute Gasteiger partial charge is 0.0734 e. The Balaban J connectivity index is 1.91. The Morgan fingerprint density at radius 2 is 2.33 bits per heavy atom. The molecule has 0 saturated heterocycles. The summed E-state index contributed by atoms with van der Waals surface area (Å²) in [5.74, 6) is 0. The fourth-order valence-corrected chi connectivity index (χ4v) is 3.92. The Labute approximate surface area is 78.3 Å². The molecule has 0 aliphatic rings. The standard InChI is InChI=1S/C9H11NSSi/c1-3-8(10-5-1)7-12-9-4-2-6-11-9/h1-6,10H,7,12H2. The highest BCUT2D eigenvalue weighted by molar-refractivity contribution is 7.19. The van der Waals surface area contributed by atoms with Gasteiger partial charge in [-0.1, -0.05) is 12.1 Å². The molecule has 0 saturated carbocycles. The van der Waals surface area contributed by atoms with Crippen LogP contribution >= 0.6 is 11.3 Å². The molecule has 12 heavy (non-hydrogen) atoms. The number of H-pyrrole nitrogens is 1. The van der Waals surface area contributed by atoms with E-state index in [-0.39, 0.29) is 9.52 Å². The van der Waals surface area contributed by atoms with Crippen LogP contribution in [0.3, 0.4) is 0 Å². The molecule has 1 nitrogen and oxygen atoms in total. The van der Waals surface area contributed by atoms with E-state index in [1.54, 1.807) is 4.50 Å². The summed E-state index contributed by atoms with van der Waals surface area (Å²) in [5.41, 5.74) is 1.38. The lowest BCUT2D eigenvalue weighted by molar-refractivity contribution is 1.22. The Hall–Kier alpha value is -0.803. The van der Waals surface area contributed by atoms with Crippen molar-refractivity contribution in [3.05, 3.63) is 41.5 Å². The summed E-state index contributed by atoms with van der Waals surface area (Å²) in [7, 11) is -0.0509. The summed E-state index contributed by atoms with van der Waals surface area (Å²) >= 11 is 1.89. The molecule has 2 heterocycles. The number of thiophene rings is 1. The van der Waals surface area contributed by atoms with Crippen LogP contribution in [-0.4, -0.2) is 14.5 Å². The van der Waals surface area contributed by atoms with Crippen LogP contribution < -0.4 is 4.50 Å². The number of aromatic nitrogens is 1. The van der Waals surface area contributed by atoms with Crippen molar-refractivity contribution in [2.75, 3.05) is 0 Å². The number of aromatic amines is 1. The van der Waals surface area contributed by atoms with Crippen LogP contribution in [0.5, 0.6) is 0 Å². The van der Waals surface area contributed by atoms with Crippen molar-refractivity contribution in [3.63, 3.8) is 0 Å². The summed E-state index contributed by atoms with van der Waals surface area (Å²) in [6.45, 7) is 0.